The van der Waals surface area contributed by atoms with E-state index < -0.39 is 11.9 Å². The van der Waals surface area contributed by atoms with Gasteiger partial charge in [-0.15, -0.1) is 0 Å². The van der Waals surface area contributed by atoms with Crippen LogP contribution < -0.4 is 0 Å². The molecule has 2 rings (SSSR count). The van der Waals surface area contributed by atoms with E-state index in [1.165, 1.54) is 6.07 Å². The third-order valence-corrected chi connectivity index (χ3v) is 3.48. The van der Waals surface area contributed by atoms with Crippen LogP contribution in [0.2, 0.25) is 0 Å². The molecule has 1 atom stereocenters. The van der Waals surface area contributed by atoms with Crippen LogP contribution in [0.5, 0.6) is 0 Å². The van der Waals surface area contributed by atoms with Crippen molar-refractivity contribution >= 4 is 11.9 Å². The topological polar surface area (TPSA) is 57.6 Å². The number of hydrogen-bond donors (Lipinski definition) is 1. The number of carboxylic acid groups (broad SMARTS) is 1. The molecule has 0 radical (unpaired) electrons. The molecule has 1 amide bonds. The van der Waals surface area contributed by atoms with Crippen LogP contribution in [0.3, 0.4) is 0 Å². The lowest BCUT2D eigenvalue weighted by Crippen LogP contribution is -2.41. The Morgan fingerprint density at radius 2 is 2.16 bits per heavy atom. The molecule has 19 heavy (non-hydrogen) atoms. The van der Waals surface area contributed by atoms with Gasteiger partial charge in [-0.3, -0.25) is 9.59 Å². The Hall–Kier alpha value is -1.91. The maximum atomic E-state index is 13.4. The second kappa shape index (κ2) is 5.82. The van der Waals surface area contributed by atoms with Crippen molar-refractivity contribution in [2.45, 2.75) is 19.3 Å². The van der Waals surface area contributed by atoms with Gasteiger partial charge in [-0.05, 0) is 24.5 Å². The number of halogens is 1. The minimum atomic E-state index is -0.915. The summed E-state index contributed by atoms with van der Waals surface area (Å²) in [4.78, 5) is 24.2. The van der Waals surface area contributed by atoms with E-state index in [0.717, 1.165) is 0 Å². The van der Waals surface area contributed by atoms with E-state index in [4.69, 9.17) is 5.11 Å². The molecule has 102 valence electrons. The van der Waals surface area contributed by atoms with Gasteiger partial charge in [-0.25, -0.2) is 4.39 Å². The van der Waals surface area contributed by atoms with Gasteiger partial charge in [-0.1, -0.05) is 18.2 Å². The number of likely N-dealkylation sites (tertiary alicyclic amines) is 1. The summed E-state index contributed by atoms with van der Waals surface area (Å²) in [5.41, 5.74) is 0.579. The highest BCUT2D eigenvalue weighted by Crippen LogP contribution is 2.19. The van der Waals surface area contributed by atoms with Crippen molar-refractivity contribution in [2.24, 2.45) is 5.92 Å². The number of amides is 1. The molecule has 1 heterocycles. The van der Waals surface area contributed by atoms with Crippen LogP contribution in [0.25, 0.3) is 0 Å². The number of rotatable bonds is 4. The van der Waals surface area contributed by atoms with Crippen molar-refractivity contribution in [3.05, 3.63) is 35.6 Å². The van der Waals surface area contributed by atoms with Gasteiger partial charge in [0.25, 0.3) is 0 Å². The molecule has 0 spiro atoms. The molecule has 1 aromatic carbocycles. The molecule has 0 aromatic heterocycles. The Kier molecular flexibility index (Phi) is 4.14. The summed E-state index contributed by atoms with van der Waals surface area (Å²) in [6.07, 6.45) is 0.973. The number of carboxylic acids is 1. The Balaban J connectivity index is 1.89. The van der Waals surface area contributed by atoms with E-state index in [-0.39, 0.29) is 18.1 Å². The number of aliphatic carboxylic acids is 1. The Labute approximate surface area is 110 Å². The maximum absolute atomic E-state index is 13.4. The van der Waals surface area contributed by atoms with E-state index in [1.807, 2.05) is 0 Å². The van der Waals surface area contributed by atoms with Crippen LogP contribution in [0.15, 0.2) is 24.3 Å². The highest BCUT2D eigenvalue weighted by atomic mass is 19.1. The highest BCUT2D eigenvalue weighted by Gasteiger charge is 2.29. The van der Waals surface area contributed by atoms with Gasteiger partial charge in [0.15, 0.2) is 0 Å². The molecular weight excluding hydrogens is 249 g/mol. The molecule has 1 fully saturated rings. The molecular formula is C14H16FNO3. The highest BCUT2D eigenvalue weighted by molar-refractivity contribution is 5.83. The first kappa shape index (κ1) is 13.5. The third kappa shape index (κ3) is 3.30. The van der Waals surface area contributed by atoms with Gasteiger partial charge in [-0.2, -0.15) is 0 Å². The lowest BCUT2D eigenvalue weighted by Gasteiger charge is -2.30. The summed E-state index contributed by atoms with van der Waals surface area (Å²) < 4.78 is 13.4. The van der Waals surface area contributed by atoms with Gasteiger partial charge in [0, 0.05) is 19.5 Å². The van der Waals surface area contributed by atoms with Crippen LogP contribution in [-0.2, 0) is 16.0 Å². The van der Waals surface area contributed by atoms with E-state index in [2.05, 4.69) is 0 Å². The fourth-order valence-corrected chi connectivity index (χ4v) is 2.28. The fourth-order valence-electron chi connectivity index (χ4n) is 2.28. The number of carbonyl (C=O) groups is 2. The first-order valence-electron chi connectivity index (χ1n) is 6.32. The van der Waals surface area contributed by atoms with E-state index in [9.17, 15) is 14.0 Å². The van der Waals surface area contributed by atoms with Crippen molar-refractivity contribution in [1.82, 2.24) is 4.90 Å². The fraction of sp³-hybridized carbons (Fsp3) is 0.429. The molecule has 0 saturated carbocycles. The molecule has 4 nitrogen and oxygen atoms in total. The molecule has 1 N–H and O–H groups in total. The predicted octanol–water partition coefficient (Wildman–Crippen LogP) is 1.69. The minimum absolute atomic E-state index is 0.0482. The predicted molar refractivity (Wildman–Crippen MR) is 67.0 cm³/mol. The smallest absolute Gasteiger partial charge is 0.307 e. The van der Waals surface area contributed by atoms with Crippen molar-refractivity contribution in [3.8, 4) is 0 Å². The molecule has 0 bridgehead atoms. The number of benzene rings is 1. The second-order valence-electron chi connectivity index (χ2n) is 4.75. The summed E-state index contributed by atoms with van der Waals surface area (Å²) >= 11 is 0. The molecule has 5 heteroatoms. The van der Waals surface area contributed by atoms with Crippen molar-refractivity contribution in [2.75, 3.05) is 13.1 Å². The van der Waals surface area contributed by atoms with Crippen LogP contribution >= 0.6 is 0 Å². The summed E-state index contributed by atoms with van der Waals surface area (Å²) in [5, 5.41) is 8.87. The first-order chi connectivity index (χ1) is 9.08. The van der Waals surface area contributed by atoms with E-state index >= 15 is 0 Å². The second-order valence-corrected chi connectivity index (χ2v) is 4.75. The van der Waals surface area contributed by atoms with E-state index in [0.29, 0.717) is 31.5 Å². The molecule has 1 aliphatic heterocycles. The van der Waals surface area contributed by atoms with Crippen molar-refractivity contribution in [3.63, 3.8) is 0 Å². The maximum Gasteiger partial charge on any atom is 0.307 e. The van der Waals surface area contributed by atoms with Crippen LogP contribution in [-0.4, -0.2) is 35.0 Å². The Morgan fingerprint density at radius 1 is 1.42 bits per heavy atom. The molecule has 0 aliphatic carbocycles. The zero-order chi connectivity index (χ0) is 13.8. The number of carbonyl (C=O) groups excluding carboxylic acids is 1. The quantitative estimate of drug-likeness (QED) is 0.901. The number of piperidine rings is 1. The lowest BCUT2D eigenvalue weighted by atomic mass is 9.96. The lowest BCUT2D eigenvalue weighted by molar-refractivity contribution is -0.149. The Bertz CT molecular complexity index is 489. The van der Waals surface area contributed by atoms with Crippen LogP contribution in [0.4, 0.5) is 4.39 Å². The summed E-state index contributed by atoms with van der Waals surface area (Å²) in [5.74, 6) is -1.91. The normalized spacial score (nSPS) is 19.5. The average molecular weight is 265 g/mol. The van der Waals surface area contributed by atoms with Gasteiger partial charge in [0.2, 0.25) is 5.91 Å². The van der Waals surface area contributed by atoms with Gasteiger partial charge < -0.3 is 10.0 Å². The minimum Gasteiger partial charge on any atom is -0.481 e. The summed E-state index contributed by atoms with van der Waals surface area (Å²) in [6, 6.07) is 6.48. The summed E-state index contributed by atoms with van der Waals surface area (Å²) in [6.45, 7) is 0.871. The summed E-state index contributed by atoms with van der Waals surface area (Å²) in [7, 11) is 0. The third-order valence-electron chi connectivity index (χ3n) is 3.48. The molecule has 1 unspecified atom stereocenters. The number of hydrogen-bond acceptors (Lipinski definition) is 2. The largest absolute Gasteiger partial charge is 0.481 e. The molecule has 1 saturated heterocycles. The van der Waals surface area contributed by atoms with Crippen LogP contribution in [0, 0.1) is 11.7 Å². The Morgan fingerprint density at radius 3 is 2.79 bits per heavy atom. The standard InChI is InChI=1S/C14H16FNO3/c15-12-4-2-1-3-10(12)5-7-16-8-6-11(14(18)19)9-13(16)17/h1-4,11H,5-9H2,(H,18,19). The SMILES string of the molecule is O=C(O)C1CCN(CCc2ccccc2F)C(=O)C1. The molecule has 1 aromatic rings. The number of nitrogens with zero attached hydrogens (tertiary/aromatic N) is 1. The van der Waals surface area contributed by atoms with Gasteiger partial charge in [0.1, 0.15) is 5.82 Å². The van der Waals surface area contributed by atoms with E-state index in [1.54, 1.807) is 23.1 Å². The molecule has 1 aliphatic rings. The average Bonchev–Trinajstić information content (AvgIpc) is 2.39. The van der Waals surface area contributed by atoms with Gasteiger partial charge >= 0.3 is 5.97 Å². The van der Waals surface area contributed by atoms with Gasteiger partial charge in [0.05, 0.1) is 5.92 Å². The monoisotopic (exact) mass is 265 g/mol. The van der Waals surface area contributed by atoms with Crippen molar-refractivity contribution in [1.29, 1.82) is 0 Å². The van der Waals surface area contributed by atoms with Crippen molar-refractivity contribution < 1.29 is 19.1 Å². The first-order valence-corrected chi connectivity index (χ1v) is 6.32. The zero-order valence-corrected chi connectivity index (χ0v) is 10.5. The van der Waals surface area contributed by atoms with Crippen LogP contribution in [0.1, 0.15) is 18.4 Å². The zero-order valence-electron chi connectivity index (χ0n) is 10.5.